The van der Waals surface area contributed by atoms with Crippen molar-refractivity contribution in [1.82, 2.24) is 9.97 Å². The monoisotopic (exact) mass is 1150 g/mol. The molecule has 0 spiro atoms. The van der Waals surface area contributed by atoms with E-state index in [-0.39, 0.29) is 0 Å². The molecular weight excluding hydrogens is 1090 g/mol. The Labute approximate surface area is 514 Å². The first-order chi connectivity index (χ1) is 43.1. The highest BCUT2D eigenvalue weighted by Gasteiger charge is 2.46. The highest BCUT2D eigenvalue weighted by Crippen LogP contribution is 2.58. The molecule has 0 fully saturated rings. The number of aromatic nitrogens is 2. The summed E-state index contributed by atoms with van der Waals surface area (Å²) in [5.41, 5.74) is 24.3. The van der Waals surface area contributed by atoms with Gasteiger partial charge in [0.25, 0.3) is 0 Å². The topological polar surface area (TPSA) is 32.3 Å². The first-order valence-electron chi connectivity index (χ1n) is 29.4. The summed E-state index contributed by atoms with van der Waals surface area (Å²) in [6, 6.07) is 119. The van der Waals surface area contributed by atoms with E-state index in [4.69, 9.17) is 9.97 Å². The van der Waals surface area contributed by atoms with Gasteiger partial charge in [0, 0.05) is 45.3 Å². The van der Waals surface area contributed by atoms with Crippen molar-refractivity contribution in [1.29, 1.82) is 0 Å². The van der Waals surface area contributed by atoms with Crippen molar-refractivity contribution >= 4 is 77.2 Å². The number of anilines is 6. The molecule has 0 aliphatic heterocycles. The predicted octanol–water partition coefficient (Wildman–Crippen LogP) is 22.5. The Hall–Kier alpha value is -10.8. The van der Waals surface area contributed by atoms with E-state index in [0.717, 1.165) is 77.4 Å². The van der Waals surface area contributed by atoms with Gasteiger partial charge in [0.1, 0.15) is 10.0 Å². The first kappa shape index (κ1) is 51.8. The smallest absolute Gasteiger partial charge is 0.124 e. The molecule has 0 atom stereocenters. The standard InChI is InChI=1S/C81H54N4S2/c1-5-17-55(18-6-1)57-29-40-65(41-30-57)84(67-46-35-60(36-47-67)79-82-75-25-13-15-27-77(75)86-79)66-44-33-59(34-45-66)62-39-51-71-72-52-50-70(54-74(72)81(73(71)53-62,63-21-9-3-10-22-63)64-23-11-4-12-24-64)85(68-42-31-58(32-43-68)56-19-7-2-8-20-56)69-48-37-61(38-49-69)80-83-76-26-14-16-28-78(76)87-80/h1-54H. The molecule has 0 bridgehead atoms. The van der Waals surface area contributed by atoms with Gasteiger partial charge in [-0.15, -0.1) is 22.7 Å². The van der Waals surface area contributed by atoms with Crippen LogP contribution in [0.25, 0.3) is 86.1 Å². The molecular formula is C81H54N4S2. The van der Waals surface area contributed by atoms with Gasteiger partial charge >= 0.3 is 0 Å². The highest BCUT2D eigenvalue weighted by atomic mass is 32.1. The van der Waals surface area contributed by atoms with E-state index >= 15 is 0 Å². The summed E-state index contributed by atoms with van der Waals surface area (Å²) in [6.45, 7) is 0. The van der Waals surface area contributed by atoms with E-state index in [1.54, 1.807) is 22.7 Å². The maximum absolute atomic E-state index is 5.03. The summed E-state index contributed by atoms with van der Waals surface area (Å²) in [7, 11) is 0. The molecule has 4 nitrogen and oxygen atoms in total. The molecule has 15 aromatic rings. The van der Waals surface area contributed by atoms with Crippen LogP contribution in [0.2, 0.25) is 0 Å². The van der Waals surface area contributed by atoms with Crippen LogP contribution in [-0.2, 0) is 5.41 Å². The number of hydrogen-bond donors (Lipinski definition) is 0. The molecule has 0 saturated heterocycles. The van der Waals surface area contributed by atoms with Crippen LogP contribution in [0.4, 0.5) is 34.1 Å². The summed E-state index contributed by atoms with van der Waals surface area (Å²) in [4.78, 5) is 14.8. The van der Waals surface area contributed by atoms with Gasteiger partial charge in [-0.3, -0.25) is 0 Å². The van der Waals surface area contributed by atoms with Crippen LogP contribution < -0.4 is 9.80 Å². The van der Waals surface area contributed by atoms with Crippen molar-refractivity contribution in [3.63, 3.8) is 0 Å². The van der Waals surface area contributed by atoms with Crippen molar-refractivity contribution < 1.29 is 0 Å². The number of hydrogen-bond acceptors (Lipinski definition) is 6. The van der Waals surface area contributed by atoms with Crippen LogP contribution in [0.5, 0.6) is 0 Å². The number of nitrogens with zero attached hydrogens (tertiary/aromatic N) is 4. The van der Waals surface area contributed by atoms with Gasteiger partial charge in [-0.25, -0.2) is 9.97 Å². The zero-order chi connectivity index (χ0) is 57.7. The fourth-order valence-electron chi connectivity index (χ4n) is 12.9. The second kappa shape index (κ2) is 22.0. The highest BCUT2D eigenvalue weighted by molar-refractivity contribution is 7.22. The molecule has 1 aliphatic carbocycles. The molecule has 0 amide bonds. The largest absolute Gasteiger partial charge is 0.311 e. The lowest BCUT2D eigenvalue weighted by molar-refractivity contribution is 0.768. The van der Waals surface area contributed by atoms with Gasteiger partial charge in [0.2, 0.25) is 0 Å². The van der Waals surface area contributed by atoms with Crippen molar-refractivity contribution in [3.8, 4) is 65.6 Å². The zero-order valence-electron chi connectivity index (χ0n) is 47.3. The first-order valence-corrected chi connectivity index (χ1v) is 31.1. The fraction of sp³-hybridized carbons (Fsp3) is 0.0123. The Balaban J connectivity index is 0.804. The quantitative estimate of drug-likeness (QED) is 0.115. The number of fused-ring (bicyclic) bond motifs is 5. The summed E-state index contributed by atoms with van der Waals surface area (Å²) < 4.78 is 2.37. The Morgan fingerprint density at radius 3 is 0.954 bits per heavy atom. The maximum Gasteiger partial charge on any atom is 0.124 e. The second-order valence-electron chi connectivity index (χ2n) is 22.1. The number of thiazole rings is 2. The van der Waals surface area contributed by atoms with Crippen LogP contribution >= 0.6 is 22.7 Å². The zero-order valence-corrected chi connectivity index (χ0v) is 48.9. The van der Waals surface area contributed by atoms with Crippen molar-refractivity contribution in [2.24, 2.45) is 0 Å². The summed E-state index contributed by atoms with van der Waals surface area (Å²) in [6.07, 6.45) is 0. The molecule has 0 radical (unpaired) electrons. The molecule has 2 heterocycles. The fourth-order valence-corrected chi connectivity index (χ4v) is 14.8. The number of benzene rings is 13. The molecule has 2 aromatic heterocycles. The van der Waals surface area contributed by atoms with Crippen molar-refractivity contribution in [2.45, 2.75) is 5.41 Å². The third-order valence-corrected chi connectivity index (χ3v) is 19.2. The molecule has 0 unspecified atom stereocenters. The Bertz CT molecular complexity index is 4820. The summed E-state index contributed by atoms with van der Waals surface area (Å²) in [5.74, 6) is 0. The lowest BCUT2D eigenvalue weighted by Crippen LogP contribution is -2.28. The van der Waals surface area contributed by atoms with Gasteiger partial charge < -0.3 is 9.80 Å². The maximum atomic E-state index is 5.03. The predicted molar refractivity (Wildman–Crippen MR) is 367 cm³/mol. The normalized spacial score (nSPS) is 12.2. The Morgan fingerprint density at radius 1 is 0.241 bits per heavy atom. The lowest BCUT2D eigenvalue weighted by Gasteiger charge is -2.35. The van der Waals surface area contributed by atoms with E-state index in [9.17, 15) is 0 Å². The Kier molecular flexibility index (Phi) is 13.1. The second-order valence-corrected chi connectivity index (χ2v) is 24.1. The summed E-state index contributed by atoms with van der Waals surface area (Å²) in [5, 5.41) is 2.03. The molecule has 6 heteroatoms. The van der Waals surface area contributed by atoms with E-state index in [1.807, 2.05) is 0 Å². The van der Waals surface area contributed by atoms with E-state index in [1.165, 1.54) is 65.0 Å². The van der Waals surface area contributed by atoms with Gasteiger partial charge in [0.05, 0.1) is 25.8 Å². The summed E-state index contributed by atoms with van der Waals surface area (Å²) >= 11 is 3.46. The van der Waals surface area contributed by atoms with Gasteiger partial charge in [0.15, 0.2) is 0 Å². The minimum absolute atomic E-state index is 0.668. The molecule has 13 aromatic carbocycles. The molecule has 16 rings (SSSR count). The van der Waals surface area contributed by atoms with Gasteiger partial charge in [-0.1, -0.05) is 200 Å². The molecule has 1 aliphatic rings. The molecule has 87 heavy (non-hydrogen) atoms. The van der Waals surface area contributed by atoms with Crippen LogP contribution in [-0.4, -0.2) is 9.97 Å². The van der Waals surface area contributed by atoms with Gasteiger partial charge in [-0.05, 0) is 194 Å². The minimum atomic E-state index is -0.668. The lowest BCUT2D eigenvalue weighted by atomic mass is 9.67. The minimum Gasteiger partial charge on any atom is -0.311 e. The van der Waals surface area contributed by atoms with E-state index < -0.39 is 5.41 Å². The third-order valence-electron chi connectivity index (χ3n) is 17.0. The number of para-hydroxylation sites is 2. The van der Waals surface area contributed by atoms with Crippen molar-refractivity contribution in [3.05, 3.63) is 350 Å². The van der Waals surface area contributed by atoms with Gasteiger partial charge in [-0.2, -0.15) is 0 Å². The Morgan fingerprint density at radius 2 is 0.540 bits per heavy atom. The van der Waals surface area contributed by atoms with Crippen molar-refractivity contribution in [2.75, 3.05) is 9.80 Å². The van der Waals surface area contributed by atoms with Crippen LogP contribution in [0, 0.1) is 0 Å². The SMILES string of the molecule is c1ccc(-c2ccc(N(c3ccc(-c4ccc5c(c4)C(c4ccccc4)(c4ccccc4)c4cc(N(c6ccc(-c7ccccc7)cc6)c6ccc(-c7nc8ccccc8s7)cc6)ccc4-5)cc3)c3ccc(-c4nc5ccccc5s4)cc3)cc2)cc1. The van der Waals surface area contributed by atoms with E-state index in [0.29, 0.717) is 0 Å². The average Bonchev–Trinajstić information content (AvgIpc) is 1.81. The van der Waals surface area contributed by atoms with E-state index in [2.05, 4.69) is 337 Å². The molecule has 410 valence electrons. The van der Waals surface area contributed by atoms with Crippen LogP contribution in [0.3, 0.4) is 0 Å². The number of rotatable bonds is 13. The van der Waals surface area contributed by atoms with Crippen LogP contribution in [0.15, 0.2) is 328 Å². The molecule has 0 saturated carbocycles. The molecule has 0 N–H and O–H groups in total. The third kappa shape index (κ3) is 9.40. The van der Waals surface area contributed by atoms with Crippen LogP contribution in [0.1, 0.15) is 22.3 Å². The average molecular weight is 1150 g/mol.